The van der Waals surface area contributed by atoms with Crippen LogP contribution in [0.4, 0.5) is 0 Å². The molecule has 1 N–H and O–H groups in total. The van der Waals surface area contributed by atoms with Gasteiger partial charge >= 0.3 is 0 Å². The average Bonchev–Trinajstić information content (AvgIpc) is 2.93. The standard InChI is InChI=1S/C13H22N4/c1-11-15-12-10-14-5-4-13(12)17(11)9-8-16-6-2-3-7-16/h14H,2-10H2,1H3. The van der Waals surface area contributed by atoms with Crippen LogP contribution in [-0.4, -0.2) is 40.6 Å². The maximum absolute atomic E-state index is 4.68. The van der Waals surface area contributed by atoms with Gasteiger partial charge in [-0.3, -0.25) is 0 Å². The van der Waals surface area contributed by atoms with Crippen LogP contribution in [0.2, 0.25) is 0 Å². The van der Waals surface area contributed by atoms with E-state index in [0.717, 1.165) is 26.1 Å². The highest BCUT2D eigenvalue weighted by molar-refractivity contribution is 5.19. The average molecular weight is 234 g/mol. The first kappa shape index (κ1) is 11.2. The van der Waals surface area contributed by atoms with E-state index in [1.807, 2.05) is 0 Å². The summed E-state index contributed by atoms with van der Waals surface area (Å²) in [6.07, 6.45) is 3.89. The topological polar surface area (TPSA) is 33.1 Å². The third kappa shape index (κ3) is 2.24. The van der Waals surface area contributed by atoms with Crippen molar-refractivity contribution in [2.75, 3.05) is 26.2 Å². The van der Waals surface area contributed by atoms with E-state index in [9.17, 15) is 0 Å². The van der Waals surface area contributed by atoms with Gasteiger partial charge in [0.25, 0.3) is 0 Å². The van der Waals surface area contributed by atoms with Gasteiger partial charge in [-0.05, 0) is 32.9 Å². The predicted molar refractivity (Wildman–Crippen MR) is 68.0 cm³/mol. The monoisotopic (exact) mass is 234 g/mol. The van der Waals surface area contributed by atoms with E-state index in [0.29, 0.717) is 0 Å². The Morgan fingerprint density at radius 3 is 2.88 bits per heavy atom. The lowest BCUT2D eigenvalue weighted by Crippen LogP contribution is -2.28. The molecule has 0 atom stereocenters. The second kappa shape index (κ2) is 4.78. The molecule has 0 aromatic carbocycles. The first-order valence-corrected chi connectivity index (χ1v) is 6.82. The summed E-state index contributed by atoms with van der Waals surface area (Å²) in [5, 5.41) is 3.39. The lowest BCUT2D eigenvalue weighted by molar-refractivity contribution is 0.319. The lowest BCUT2D eigenvalue weighted by atomic mass is 10.2. The maximum atomic E-state index is 4.68. The second-order valence-corrected chi connectivity index (χ2v) is 5.18. The maximum Gasteiger partial charge on any atom is 0.106 e. The van der Waals surface area contributed by atoms with Gasteiger partial charge in [0.2, 0.25) is 0 Å². The molecule has 1 aromatic heterocycles. The van der Waals surface area contributed by atoms with Gasteiger partial charge in [0, 0.05) is 38.3 Å². The highest BCUT2D eigenvalue weighted by Gasteiger charge is 2.18. The van der Waals surface area contributed by atoms with Gasteiger partial charge < -0.3 is 14.8 Å². The highest BCUT2D eigenvalue weighted by Crippen LogP contribution is 2.16. The van der Waals surface area contributed by atoms with Crippen molar-refractivity contribution in [1.29, 1.82) is 0 Å². The summed E-state index contributed by atoms with van der Waals surface area (Å²) < 4.78 is 2.44. The van der Waals surface area contributed by atoms with E-state index in [4.69, 9.17) is 0 Å². The molecule has 2 aliphatic heterocycles. The van der Waals surface area contributed by atoms with Crippen molar-refractivity contribution in [2.45, 2.75) is 39.3 Å². The van der Waals surface area contributed by atoms with E-state index >= 15 is 0 Å². The van der Waals surface area contributed by atoms with Crippen molar-refractivity contribution in [3.63, 3.8) is 0 Å². The summed E-state index contributed by atoms with van der Waals surface area (Å²) in [6.45, 7) is 9.08. The molecule has 0 spiro atoms. The van der Waals surface area contributed by atoms with Crippen LogP contribution in [0.25, 0.3) is 0 Å². The molecule has 2 aliphatic rings. The van der Waals surface area contributed by atoms with E-state index in [1.165, 1.54) is 49.7 Å². The Labute approximate surface area is 103 Å². The van der Waals surface area contributed by atoms with Crippen LogP contribution < -0.4 is 5.32 Å². The fourth-order valence-electron chi connectivity index (χ4n) is 3.05. The summed E-state index contributed by atoms with van der Waals surface area (Å²) in [6, 6.07) is 0. The molecule has 0 unspecified atom stereocenters. The third-order valence-electron chi connectivity index (χ3n) is 4.02. The molecule has 1 fully saturated rings. The normalized spacial score (nSPS) is 20.8. The highest BCUT2D eigenvalue weighted by atomic mass is 15.2. The number of hydrogen-bond donors (Lipinski definition) is 1. The molecule has 1 saturated heterocycles. The molecule has 0 saturated carbocycles. The smallest absolute Gasteiger partial charge is 0.106 e. The molecule has 17 heavy (non-hydrogen) atoms. The third-order valence-corrected chi connectivity index (χ3v) is 4.02. The first-order chi connectivity index (χ1) is 8.34. The molecule has 0 amide bonds. The molecule has 0 bridgehead atoms. The Morgan fingerprint density at radius 2 is 2.06 bits per heavy atom. The molecule has 1 aromatic rings. The number of nitrogens with one attached hydrogen (secondary N) is 1. The van der Waals surface area contributed by atoms with Crippen LogP contribution >= 0.6 is 0 Å². The zero-order valence-corrected chi connectivity index (χ0v) is 10.7. The van der Waals surface area contributed by atoms with Crippen LogP contribution in [-0.2, 0) is 19.5 Å². The van der Waals surface area contributed by atoms with Gasteiger partial charge in [-0.15, -0.1) is 0 Å². The molecular weight excluding hydrogens is 212 g/mol. The zero-order valence-electron chi connectivity index (χ0n) is 10.7. The Kier molecular flexibility index (Phi) is 3.16. The van der Waals surface area contributed by atoms with Gasteiger partial charge in [-0.1, -0.05) is 0 Å². The van der Waals surface area contributed by atoms with Crippen molar-refractivity contribution in [3.05, 3.63) is 17.2 Å². The van der Waals surface area contributed by atoms with Crippen LogP contribution in [0.5, 0.6) is 0 Å². The number of nitrogens with zero attached hydrogens (tertiary/aromatic N) is 3. The van der Waals surface area contributed by atoms with Gasteiger partial charge in [0.05, 0.1) is 5.69 Å². The lowest BCUT2D eigenvalue weighted by Gasteiger charge is -2.19. The molecule has 4 nitrogen and oxygen atoms in total. The van der Waals surface area contributed by atoms with E-state index in [1.54, 1.807) is 0 Å². The number of fused-ring (bicyclic) bond motifs is 1. The minimum absolute atomic E-state index is 0.951. The van der Waals surface area contributed by atoms with Gasteiger partial charge in [-0.2, -0.15) is 0 Å². The molecule has 0 radical (unpaired) electrons. The first-order valence-electron chi connectivity index (χ1n) is 6.82. The van der Waals surface area contributed by atoms with E-state index in [2.05, 4.69) is 26.7 Å². The zero-order chi connectivity index (χ0) is 11.7. The Hall–Kier alpha value is -0.870. The number of likely N-dealkylation sites (tertiary alicyclic amines) is 1. The quantitative estimate of drug-likeness (QED) is 0.845. The molecule has 3 heterocycles. The van der Waals surface area contributed by atoms with Gasteiger partial charge in [-0.25, -0.2) is 4.98 Å². The van der Waals surface area contributed by atoms with Crippen molar-refractivity contribution < 1.29 is 0 Å². The summed E-state index contributed by atoms with van der Waals surface area (Å²) in [4.78, 5) is 7.25. The number of rotatable bonds is 3. The number of aromatic nitrogens is 2. The van der Waals surface area contributed by atoms with Crippen LogP contribution in [0.15, 0.2) is 0 Å². The van der Waals surface area contributed by atoms with Crippen LogP contribution in [0, 0.1) is 6.92 Å². The summed E-state index contributed by atoms with van der Waals surface area (Å²) in [5.74, 6) is 1.19. The van der Waals surface area contributed by atoms with Crippen molar-refractivity contribution in [2.24, 2.45) is 0 Å². The van der Waals surface area contributed by atoms with Crippen LogP contribution in [0.3, 0.4) is 0 Å². The summed E-state index contributed by atoms with van der Waals surface area (Å²) in [5.41, 5.74) is 2.75. The minimum atomic E-state index is 0.951. The molecule has 0 aliphatic carbocycles. The minimum Gasteiger partial charge on any atom is -0.331 e. The predicted octanol–water partition coefficient (Wildman–Crippen LogP) is 0.933. The van der Waals surface area contributed by atoms with E-state index < -0.39 is 0 Å². The second-order valence-electron chi connectivity index (χ2n) is 5.18. The van der Waals surface area contributed by atoms with Crippen molar-refractivity contribution in [3.8, 4) is 0 Å². The van der Waals surface area contributed by atoms with Crippen molar-refractivity contribution in [1.82, 2.24) is 19.8 Å². The molecular formula is C13H22N4. The largest absolute Gasteiger partial charge is 0.331 e. The van der Waals surface area contributed by atoms with Crippen LogP contribution in [0.1, 0.15) is 30.1 Å². The fraction of sp³-hybridized carbons (Fsp3) is 0.769. The van der Waals surface area contributed by atoms with Gasteiger partial charge in [0.1, 0.15) is 5.82 Å². The Bertz CT molecular complexity index is 390. The number of aryl methyl sites for hydroxylation is 1. The molecule has 4 heteroatoms. The summed E-state index contributed by atoms with van der Waals surface area (Å²) in [7, 11) is 0. The van der Waals surface area contributed by atoms with E-state index in [-0.39, 0.29) is 0 Å². The molecule has 94 valence electrons. The van der Waals surface area contributed by atoms with Gasteiger partial charge in [0.15, 0.2) is 0 Å². The Balaban J connectivity index is 1.71. The molecule has 3 rings (SSSR count). The number of hydrogen-bond acceptors (Lipinski definition) is 3. The Morgan fingerprint density at radius 1 is 1.24 bits per heavy atom. The summed E-state index contributed by atoms with van der Waals surface area (Å²) >= 11 is 0. The number of imidazole rings is 1. The fourth-order valence-corrected chi connectivity index (χ4v) is 3.05. The SMILES string of the molecule is Cc1nc2c(n1CCN1CCCC1)CCNC2. The van der Waals surface area contributed by atoms with Crippen molar-refractivity contribution >= 4 is 0 Å².